The van der Waals surface area contributed by atoms with Crippen LogP contribution in [0, 0.1) is 6.92 Å². The number of amides is 1. The Balaban J connectivity index is 1.82. The molecule has 0 fully saturated rings. The largest absolute Gasteiger partial charge is 0.382 e. The minimum Gasteiger partial charge on any atom is -0.382 e. The topological polar surface area (TPSA) is 151 Å². The maximum absolute atomic E-state index is 12.8. The maximum atomic E-state index is 12.8. The van der Waals surface area contributed by atoms with Gasteiger partial charge in [0.25, 0.3) is 5.91 Å². The number of rotatable bonds is 8. The summed E-state index contributed by atoms with van der Waals surface area (Å²) in [6, 6.07) is 12.9. The average Bonchev–Trinajstić information content (AvgIpc) is 2.84. The normalized spacial score (nSPS) is 12.8. The van der Waals surface area contributed by atoms with Crippen LogP contribution in [0.3, 0.4) is 0 Å². The second kappa shape index (κ2) is 10.0. The summed E-state index contributed by atoms with van der Waals surface area (Å²) in [5.74, 6) is -0.650. The highest BCUT2D eigenvalue weighted by Crippen LogP contribution is 2.54. The minimum atomic E-state index is -4.03. The number of sulfone groups is 1. The van der Waals surface area contributed by atoms with Gasteiger partial charge in [-0.25, -0.2) is 18.4 Å². The molecule has 10 nitrogen and oxygen atoms in total. The van der Waals surface area contributed by atoms with Crippen LogP contribution in [-0.2, 0) is 23.4 Å². The van der Waals surface area contributed by atoms with Gasteiger partial charge in [0.05, 0.1) is 16.8 Å². The number of aromatic nitrogens is 2. The van der Waals surface area contributed by atoms with Gasteiger partial charge in [0.2, 0.25) is 0 Å². The second-order valence-electron chi connectivity index (χ2n) is 7.38. The molecule has 0 aliphatic carbocycles. The number of hydrogen-bond donors (Lipinski definition) is 2. The predicted octanol–water partition coefficient (Wildman–Crippen LogP) is 3.89. The molecule has 1 heterocycles. The van der Waals surface area contributed by atoms with Gasteiger partial charge in [0, 0.05) is 25.5 Å². The van der Waals surface area contributed by atoms with E-state index in [1.807, 2.05) is 31.2 Å². The summed E-state index contributed by atoms with van der Waals surface area (Å²) in [5.41, 5.74) is 8.45. The van der Waals surface area contributed by atoms with Crippen molar-refractivity contribution in [1.82, 2.24) is 9.97 Å². The molecule has 180 valence electrons. The summed E-state index contributed by atoms with van der Waals surface area (Å²) < 4.78 is 47.8. The molecule has 3 N–H and O–H groups in total. The van der Waals surface area contributed by atoms with Crippen LogP contribution in [0.4, 0.5) is 11.5 Å². The molecule has 0 bridgehead atoms. The first kappa shape index (κ1) is 25.5. The highest BCUT2D eigenvalue weighted by molar-refractivity contribution is 7.98. The number of nitrogens with zero attached hydrogens (tertiary/aromatic N) is 2. The smallest absolute Gasteiger partial charge is 0.348 e. The lowest BCUT2D eigenvalue weighted by Crippen LogP contribution is -2.20. The number of carbonyl (C=O) groups is 1. The molecule has 0 aliphatic heterocycles. The molecular weight excluding hydrogens is 479 g/mol. The lowest BCUT2D eigenvalue weighted by molar-refractivity contribution is 0.102. The van der Waals surface area contributed by atoms with Gasteiger partial charge in [-0.05, 0) is 38.1 Å². The van der Waals surface area contributed by atoms with Gasteiger partial charge in [-0.15, -0.1) is 0 Å². The number of carbonyl (C=O) groups excluding carboxylic acids is 1. The Hall–Kier alpha value is -3.11. The molecule has 0 saturated heterocycles. The van der Waals surface area contributed by atoms with Crippen LogP contribution in [0.2, 0.25) is 0 Å². The van der Waals surface area contributed by atoms with E-state index in [2.05, 4.69) is 15.3 Å². The third-order valence-corrected chi connectivity index (χ3v) is 10.6. The van der Waals surface area contributed by atoms with E-state index in [-0.39, 0.29) is 16.4 Å². The zero-order valence-electron chi connectivity index (χ0n) is 19.1. The predicted molar refractivity (Wildman–Crippen MR) is 129 cm³/mol. The van der Waals surface area contributed by atoms with Crippen molar-refractivity contribution in [2.24, 2.45) is 0 Å². The van der Waals surface area contributed by atoms with Gasteiger partial charge >= 0.3 is 7.60 Å². The summed E-state index contributed by atoms with van der Waals surface area (Å²) in [4.78, 5) is 19.7. The molecule has 3 rings (SSSR count). The van der Waals surface area contributed by atoms with Crippen molar-refractivity contribution < 1.29 is 26.8 Å². The van der Waals surface area contributed by atoms with Crippen molar-refractivity contribution in [3.8, 4) is 11.3 Å². The fourth-order valence-corrected chi connectivity index (χ4v) is 6.98. The van der Waals surface area contributed by atoms with E-state index in [0.29, 0.717) is 11.4 Å². The van der Waals surface area contributed by atoms with Gasteiger partial charge in [0.1, 0.15) is 0 Å². The fourth-order valence-electron chi connectivity index (χ4n) is 3.09. The van der Waals surface area contributed by atoms with E-state index >= 15 is 0 Å². The maximum Gasteiger partial charge on any atom is 0.348 e. The van der Waals surface area contributed by atoms with Crippen molar-refractivity contribution in [1.29, 1.82) is 0 Å². The summed E-state index contributed by atoms with van der Waals surface area (Å²) in [6.07, 6.45) is 1.48. The Morgan fingerprint density at radius 2 is 1.65 bits per heavy atom. The van der Waals surface area contributed by atoms with Crippen LogP contribution in [-0.4, -0.2) is 43.5 Å². The van der Waals surface area contributed by atoms with Crippen LogP contribution in [0.1, 0.15) is 23.0 Å². The van der Waals surface area contributed by atoms with Gasteiger partial charge < -0.3 is 20.1 Å². The third kappa shape index (κ3) is 5.18. The summed E-state index contributed by atoms with van der Waals surface area (Å²) in [6.45, 7) is 3.21. The van der Waals surface area contributed by atoms with Gasteiger partial charge in [-0.2, -0.15) is 0 Å². The molecule has 0 radical (unpaired) electrons. The van der Waals surface area contributed by atoms with Crippen molar-refractivity contribution in [3.05, 3.63) is 66.0 Å². The minimum absolute atomic E-state index is 0.0451. The number of hydrogen-bond acceptors (Lipinski definition) is 9. The van der Waals surface area contributed by atoms with Gasteiger partial charge in [0.15, 0.2) is 26.3 Å². The molecule has 1 amide bonds. The molecule has 34 heavy (non-hydrogen) atoms. The van der Waals surface area contributed by atoms with Crippen LogP contribution in [0.5, 0.6) is 0 Å². The zero-order chi connectivity index (χ0) is 25.1. The Morgan fingerprint density at radius 1 is 1.06 bits per heavy atom. The summed E-state index contributed by atoms with van der Waals surface area (Å²) >= 11 is 0. The molecule has 0 spiro atoms. The third-order valence-electron chi connectivity index (χ3n) is 5.21. The van der Waals surface area contributed by atoms with Gasteiger partial charge in [-0.3, -0.25) is 9.36 Å². The Kier molecular flexibility index (Phi) is 7.52. The summed E-state index contributed by atoms with van der Waals surface area (Å²) in [7, 11) is -5.65. The number of nitrogens with one attached hydrogen (secondary N) is 1. The lowest BCUT2D eigenvalue weighted by Gasteiger charge is -2.21. The second-order valence-corrected chi connectivity index (χ2v) is 12.6. The van der Waals surface area contributed by atoms with E-state index < -0.39 is 28.3 Å². The van der Waals surface area contributed by atoms with Crippen molar-refractivity contribution in [2.45, 2.75) is 23.7 Å². The van der Waals surface area contributed by atoms with Crippen LogP contribution >= 0.6 is 7.60 Å². The first-order chi connectivity index (χ1) is 16.0. The van der Waals surface area contributed by atoms with Crippen LogP contribution in [0.25, 0.3) is 11.3 Å². The van der Waals surface area contributed by atoms with Crippen molar-refractivity contribution >= 4 is 34.8 Å². The van der Waals surface area contributed by atoms with Crippen LogP contribution in [0.15, 0.2) is 59.6 Å². The standard InChI is InChI=1S/C22H25N4O6PS/c1-14-5-7-16(8-6-14)19-13-24-21(23)20(26-19)22(27)25-17-9-11-18(12-10-17)34(29,30)15(2)33(28,31-3)32-4/h5-13,15H,1-4H3,(H2,23,24)(H,25,27)/t15-/m1/s1. The molecule has 3 aromatic rings. The van der Waals surface area contributed by atoms with Crippen molar-refractivity contribution in [3.63, 3.8) is 0 Å². The zero-order valence-corrected chi connectivity index (χ0v) is 20.8. The summed E-state index contributed by atoms with van der Waals surface area (Å²) in [5, 5.41) is 2.63. The van der Waals surface area contributed by atoms with Crippen LogP contribution < -0.4 is 11.1 Å². The molecular formula is C22H25N4O6PS. The monoisotopic (exact) mass is 504 g/mol. The average molecular weight is 505 g/mol. The first-order valence-electron chi connectivity index (χ1n) is 10.1. The van der Waals surface area contributed by atoms with E-state index in [0.717, 1.165) is 25.3 Å². The Morgan fingerprint density at radius 3 is 2.21 bits per heavy atom. The Bertz CT molecular complexity index is 1340. The number of benzene rings is 2. The van der Waals surface area contributed by atoms with Crippen molar-refractivity contribution in [2.75, 3.05) is 25.3 Å². The molecule has 0 aliphatic rings. The highest BCUT2D eigenvalue weighted by Gasteiger charge is 2.41. The highest BCUT2D eigenvalue weighted by atomic mass is 32.2. The van der Waals surface area contributed by atoms with E-state index in [1.165, 1.54) is 37.4 Å². The SMILES string of the molecule is COP(=O)(OC)[C@@H](C)S(=O)(=O)c1ccc(NC(=O)c2nc(-c3ccc(C)cc3)cnc2N)cc1. The molecule has 1 atom stereocenters. The quantitative estimate of drug-likeness (QED) is 0.435. The van der Waals surface area contributed by atoms with Gasteiger partial charge in [-0.1, -0.05) is 29.8 Å². The lowest BCUT2D eigenvalue weighted by atomic mass is 10.1. The number of nitrogens with two attached hydrogens (primary N) is 1. The van der Waals surface area contributed by atoms with E-state index in [1.54, 1.807) is 0 Å². The molecule has 2 aromatic carbocycles. The fraction of sp³-hybridized carbons (Fsp3) is 0.227. The number of anilines is 2. The molecule has 12 heteroatoms. The molecule has 0 unspecified atom stereocenters. The molecule has 0 saturated carbocycles. The Labute approximate surface area is 198 Å². The first-order valence-corrected chi connectivity index (χ1v) is 13.2. The number of aryl methyl sites for hydroxylation is 1. The molecule has 1 aromatic heterocycles. The van der Waals surface area contributed by atoms with E-state index in [4.69, 9.17) is 14.8 Å². The van der Waals surface area contributed by atoms with E-state index in [9.17, 15) is 17.8 Å². The number of nitrogen functional groups attached to an aromatic ring is 1.